The molecule has 3 rings (SSSR count). The van der Waals surface area contributed by atoms with Crippen molar-refractivity contribution in [2.75, 3.05) is 32.8 Å². The number of amides is 4. The highest BCUT2D eigenvalue weighted by molar-refractivity contribution is 5.86. The fourth-order valence-electron chi connectivity index (χ4n) is 5.72. The highest BCUT2D eigenvalue weighted by Gasteiger charge is 2.37. The number of carbonyl (C=O) groups excluding carboxylic acids is 4. The molecule has 7 N–H and O–H groups in total. The van der Waals surface area contributed by atoms with Gasteiger partial charge >= 0.3 is 5.97 Å². The Morgan fingerprint density at radius 1 is 0.923 bits per heavy atom. The van der Waals surface area contributed by atoms with Crippen molar-refractivity contribution in [3.63, 3.8) is 0 Å². The molecule has 0 fully saturated rings. The van der Waals surface area contributed by atoms with Crippen LogP contribution in [0.25, 0.3) is 11.1 Å². The molecule has 0 saturated carbocycles. The Kier molecular flexibility index (Phi) is 15.4. The van der Waals surface area contributed by atoms with Crippen LogP contribution in [0.15, 0.2) is 60.8 Å². The molecular weight excluding hydrogens is 678 g/mol. The molecule has 0 aliphatic rings. The minimum absolute atomic E-state index is 0.00959. The quantitative estimate of drug-likeness (QED) is 0.101. The molecule has 1 aromatic heterocycles. The largest absolute Gasteiger partial charge is 0.481 e. The van der Waals surface area contributed by atoms with Gasteiger partial charge in [-0.3, -0.25) is 24.0 Å². The number of aliphatic hydroxyl groups excluding tert-OH is 1. The van der Waals surface area contributed by atoms with Gasteiger partial charge in [-0.15, -0.1) is 0 Å². The maximum Gasteiger partial charge on any atom is 0.303 e. The van der Waals surface area contributed by atoms with Crippen LogP contribution in [0.2, 0.25) is 0 Å². The summed E-state index contributed by atoms with van der Waals surface area (Å²) in [5.41, 5.74) is 7.58. The first-order valence-electron chi connectivity index (χ1n) is 17.0. The summed E-state index contributed by atoms with van der Waals surface area (Å²) in [6, 6.07) is 12.7. The molecule has 2 aromatic carbocycles. The van der Waals surface area contributed by atoms with Crippen LogP contribution in [-0.2, 0) is 30.5 Å². The van der Waals surface area contributed by atoms with Crippen molar-refractivity contribution in [3.05, 3.63) is 83.7 Å². The van der Waals surface area contributed by atoms with Gasteiger partial charge in [0.15, 0.2) is 0 Å². The average Bonchev–Trinajstić information content (AvgIpc) is 3.50. The second-order valence-corrected chi connectivity index (χ2v) is 13.5. The lowest BCUT2D eigenvalue weighted by Crippen LogP contribution is -2.47. The molecule has 13 nitrogen and oxygen atoms in total. The molecule has 0 aliphatic heterocycles. The number of nitrogens with two attached hydrogens (primary N) is 1. The van der Waals surface area contributed by atoms with Gasteiger partial charge in [0.05, 0.1) is 25.0 Å². The zero-order valence-electron chi connectivity index (χ0n) is 29.7. The molecule has 1 heterocycles. The number of nitrogens with zero attached hydrogens (tertiary/aromatic N) is 2. The Bertz CT molecular complexity index is 1690. The minimum Gasteiger partial charge on any atom is -0.481 e. The highest BCUT2D eigenvalue weighted by Crippen LogP contribution is 2.41. The van der Waals surface area contributed by atoms with Gasteiger partial charge in [-0.25, -0.2) is 8.78 Å². The first-order valence-corrected chi connectivity index (χ1v) is 17.0. The summed E-state index contributed by atoms with van der Waals surface area (Å²) < 4.78 is 31.1. The van der Waals surface area contributed by atoms with Crippen molar-refractivity contribution < 1.29 is 43.0 Å². The maximum atomic E-state index is 15.0. The lowest BCUT2D eigenvalue weighted by atomic mass is 9.82. The van der Waals surface area contributed by atoms with Crippen molar-refractivity contribution >= 4 is 29.6 Å². The summed E-state index contributed by atoms with van der Waals surface area (Å²) in [6.45, 7) is 5.33. The zero-order chi connectivity index (χ0) is 38.4. The lowest BCUT2D eigenvalue weighted by Gasteiger charge is -2.41. The van der Waals surface area contributed by atoms with Crippen LogP contribution in [0.1, 0.15) is 63.8 Å². The topological polar surface area (TPSA) is 196 Å². The number of aliphatic carboxylic acids is 1. The van der Waals surface area contributed by atoms with Gasteiger partial charge in [-0.2, -0.15) is 0 Å². The number of aromatic nitrogens is 1. The zero-order valence-corrected chi connectivity index (χ0v) is 29.7. The number of nitrogens with one attached hydrogen (secondary N) is 3. The van der Waals surface area contributed by atoms with E-state index >= 15 is 0 Å². The molecule has 0 bridgehead atoms. The fraction of sp³-hybridized carbons (Fsp3) is 0.432. The Balaban J connectivity index is 1.71. The summed E-state index contributed by atoms with van der Waals surface area (Å²) in [5, 5.41) is 26.3. The molecule has 52 heavy (non-hydrogen) atoms. The van der Waals surface area contributed by atoms with Crippen LogP contribution in [-0.4, -0.2) is 88.1 Å². The van der Waals surface area contributed by atoms with Gasteiger partial charge in [-0.1, -0.05) is 51.1 Å². The van der Waals surface area contributed by atoms with Crippen molar-refractivity contribution in [3.8, 4) is 11.1 Å². The van der Waals surface area contributed by atoms with Crippen LogP contribution in [0, 0.1) is 17.0 Å². The van der Waals surface area contributed by atoms with Gasteiger partial charge in [0.25, 0.3) is 0 Å². The number of halogens is 2. The predicted octanol–water partition coefficient (Wildman–Crippen LogP) is 2.71. The number of carboxylic acids is 1. The second-order valence-electron chi connectivity index (χ2n) is 13.5. The first kappa shape index (κ1) is 41.3. The van der Waals surface area contributed by atoms with E-state index in [9.17, 15) is 37.9 Å². The van der Waals surface area contributed by atoms with E-state index in [1.54, 1.807) is 12.3 Å². The summed E-state index contributed by atoms with van der Waals surface area (Å²) >= 11 is 0. The second kappa shape index (κ2) is 19.5. The summed E-state index contributed by atoms with van der Waals surface area (Å²) in [4.78, 5) is 61.7. The molecule has 0 radical (unpaired) electrons. The van der Waals surface area contributed by atoms with Crippen LogP contribution in [0.4, 0.5) is 8.78 Å². The van der Waals surface area contributed by atoms with E-state index < -0.39 is 65.3 Å². The van der Waals surface area contributed by atoms with Crippen LogP contribution >= 0.6 is 0 Å². The average molecular weight is 727 g/mol. The van der Waals surface area contributed by atoms with Crippen molar-refractivity contribution in [1.29, 1.82) is 0 Å². The number of aliphatic hydroxyl groups is 1. The monoisotopic (exact) mass is 726 g/mol. The normalized spacial score (nSPS) is 12.4. The number of carboxylic acid groups (broad SMARTS) is 1. The van der Waals surface area contributed by atoms with Gasteiger partial charge < -0.3 is 41.4 Å². The highest BCUT2D eigenvalue weighted by atomic mass is 19.1. The minimum atomic E-state index is -1.12. The van der Waals surface area contributed by atoms with Crippen molar-refractivity contribution in [1.82, 2.24) is 25.4 Å². The fourth-order valence-corrected chi connectivity index (χ4v) is 5.72. The molecule has 2 atom stereocenters. The SMILES string of the molecule is CC(C)(C)[C@H](c1cc(-c2cc(F)ccc2F)cn1Cc1ccccc1)N(CC[C@H](N)C(=O)NCCCNC(=O)CNC(=O)CCC(=O)O)C(=O)CO. The van der Waals surface area contributed by atoms with Crippen LogP contribution < -0.4 is 21.7 Å². The lowest BCUT2D eigenvalue weighted by molar-refractivity contribution is -0.140. The maximum absolute atomic E-state index is 15.0. The molecule has 0 unspecified atom stereocenters. The number of hydrogen-bond donors (Lipinski definition) is 6. The first-order chi connectivity index (χ1) is 24.6. The summed E-state index contributed by atoms with van der Waals surface area (Å²) in [7, 11) is 0. The third-order valence-electron chi connectivity index (χ3n) is 8.24. The Hall–Kier alpha value is -5.15. The molecule has 0 spiro atoms. The van der Waals surface area contributed by atoms with Crippen LogP contribution in [0.3, 0.4) is 0 Å². The van der Waals surface area contributed by atoms with Gasteiger partial charge in [0.1, 0.15) is 18.2 Å². The van der Waals surface area contributed by atoms with E-state index in [4.69, 9.17) is 10.8 Å². The number of rotatable bonds is 19. The Morgan fingerprint density at radius 2 is 1.62 bits per heavy atom. The van der Waals surface area contributed by atoms with E-state index in [2.05, 4.69) is 16.0 Å². The molecule has 282 valence electrons. The summed E-state index contributed by atoms with van der Waals surface area (Å²) in [5.74, 6) is -4.46. The number of benzene rings is 2. The molecule has 3 aromatic rings. The van der Waals surface area contributed by atoms with E-state index in [0.717, 1.165) is 23.8 Å². The van der Waals surface area contributed by atoms with E-state index in [-0.39, 0.29) is 51.0 Å². The van der Waals surface area contributed by atoms with Crippen molar-refractivity contribution in [2.45, 2.75) is 65.1 Å². The molecule has 4 amide bonds. The molecule has 0 aliphatic carbocycles. The predicted molar refractivity (Wildman–Crippen MR) is 189 cm³/mol. The third kappa shape index (κ3) is 12.6. The van der Waals surface area contributed by atoms with E-state index in [1.165, 1.54) is 4.90 Å². The number of hydrogen-bond acceptors (Lipinski definition) is 7. The van der Waals surface area contributed by atoms with Gasteiger partial charge in [0.2, 0.25) is 23.6 Å². The molecule has 0 saturated heterocycles. The van der Waals surface area contributed by atoms with Gasteiger partial charge in [0, 0.05) is 55.6 Å². The Labute approximate surface area is 301 Å². The standard InChI is InChI=1S/C37H48F2N6O7/c1-37(2,3)35(30-18-25(27-19-26(38)10-11-28(27)39)22-44(30)21-24-8-5-4-6-9-24)45(33(49)23-46)17-14-29(40)36(52)42-16-7-15-41-32(48)20-43-31(47)12-13-34(50)51/h4-6,8-11,18-19,22,29,35,46H,7,12-17,20-21,23,40H2,1-3H3,(H,41,48)(H,42,52)(H,43,47)(H,50,51)/t29-,35-/m0/s1. The van der Waals surface area contributed by atoms with E-state index in [0.29, 0.717) is 24.2 Å². The molecule has 15 heteroatoms. The van der Waals surface area contributed by atoms with Crippen LogP contribution in [0.5, 0.6) is 0 Å². The Morgan fingerprint density at radius 3 is 2.27 bits per heavy atom. The van der Waals surface area contributed by atoms with Crippen molar-refractivity contribution in [2.24, 2.45) is 11.1 Å². The van der Waals surface area contributed by atoms with E-state index in [1.807, 2.05) is 55.7 Å². The van der Waals surface area contributed by atoms with Gasteiger partial charge in [-0.05, 0) is 48.1 Å². The smallest absolute Gasteiger partial charge is 0.303 e. The third-order valence-corrected chi connectivity index (χ3v) is 8.24. The molecular formula is C37H48F2N6O7. The number of carbonyl (C=O) groups is 5. The summed E-state index contributed by atoms with van der Waals surface area (Å²) in [6.07, 6.45) is 1.52.